The molecule has 1 aromatic rings. The third-order valence-electron chi connectivity index (χ3n) is 3.22. The molecule has 0 amide bonds. The van der Waals surface area contributed by atoms with Crippen molar-refractivity contribution in [2.75, 3.05) is 13.1 Å². The zero-order chi connectivity index (χ0) is 12.3. The maximum atomic E-state index is 12.7. The summed E-state index contributed by atoms with van der Waals surface area (Å²) in [6.45, 7) is 1.92. The fourth-order valence-corrected chi connectivity index (χ4v) is 2.29. The lowest BCUT2D eigenvalue weighted by Crippen LogP contribution is -2.37. The number of nitrogens with zero attached hydrogens (tertiary/aromatic N) is 1. The van der Waals surface area contributed by atoms with Gasteiger partial charge in [0, 0.05) is 19.0 Å². The van der Waals surface area contributed by atoms with E-state index < -0.39 is 12.3 Å². The average molecular weight is 243 g/mol. The number of rotatable bonds is 3. The molecule has 94 valence electrons. The number of halogens is 3. The highest BCUT2D eigenvalue weighted by Gasteiger charge is 2.26. The lowest BCUT2D eigenvalue weighted by Gasteiger charge is -2.32. The van der Waals surface area contributed by atoms with E-state index in [1.54, 1.807) is 12.1 Å². The van der Waals surface area contributed by atoms with Crippen molar-refractivity contribution in [1.82, 2.24) is 4.90 Å². The first-order chi connectivity index (χ1) is 8.15. The minimum absolute atomic E-state index is 0.266. The molecule has 1 saturated heterocycles. The number of likely N-dealkylation sites (tertiary alicyclic amines) is 1. The van der Waals surface area contributed by atoms with Crippen LogP contribution in [-0.2, 0) is 6.54 Å². The summed E-state index contributed by atoms with van der Waals surface area (Å²) in [6, 6.07) is 6.23. The molecule has 1 aromatic carbocycles. The molecule has 0 N–H and O–H groups in total. The van der Waals surface area contributed by atoms with Crippen molar-refractivity contribution in [2.45, 2.75) is 25.8 Å². The number of benzene rings is 1. The SMILES string of the molecule is Fc1ccc(CN2CCCC(C(F)F)C2)cc1. The van der Waals surface area contributed by atoms with E-state index in [0.29, 0.717) is 19.5 Å². The number of hydrogen-bond acceptors (Lipinski definition) is 1. The maximum absolute atomic E-state index is 12.7. The van der Waals surface area contributed by atoms with Gasteiger partial charge in [0.15, 0.2) is 0 Å². The smallest absolute Gasteiger partial charge is 0.242 e. The van der Waals surface area contributed by atoms with Gasteiger partial charge < -0.3 is 0 Å². The molecule has 1 nitrogen and oxygen atoms in total. The summed E-state index contributed by atoms with van der Waals surface area (Å²) in [5.74, 6) is -0.776. The van der Waals surface area contributed by atoms with Gasteiger partial charge in [0.2, 0.25) is 6.43 Å². The Hall–Kier alpha value is -1.03. The lowest BCUT2D eigenvalue weighted by atomic mass is 9.98. The van der Waals surface area contributed by atoms with Gasteiger partial charge in [-0.1, -0.05) is 12.1 Å². The molecular weight excluding hydrogens is 227 g/mol. The van der Waals surface area contributed by atoms with Crippen molar-refractivity contribution >= 4 is 0 Å². The predicted octanol–water partition coefficient (Wildman–Crippen LogP) is 3.30. The van der Waals surface area contributed by atoms with Gasteiger partial charge in [-0.05, 0) is 37.1 Å². The highest BCUT2D eigenvalue weighted by Crippen LogP contribution is 2.23. The summed E-state index contributed by atoms with van der Waals surface area (Å²) < 4.78 is 37.9. The molecule has 1 unspecified atom stereocenters. The zero-order valence-corrected chi connectivity index (χ0v) is 9.58. The number of hydrogen-bond donors (Lipinski definition) is 0. The van der Waals surface area contributed by atoms with Gasteiger partial charge >= 0.3 is 0 Å². The molecule has 0 aromatic heterocycles. The first-order valence-corrected chi connectivity index (χ1v) is 5.90. The Morgan fingerprint density at radius 1 is 1.24 bits per heavy atom. The van der Waals surface area contributed by atoms with E-state index in [1.165, 1.54) is 12.1 Å². The fraction of sp³-hybridized carbons (Fsp3) is 0.538. The molecule has 0 radical (unpaired) electrons. The van der Waals surface area contributed by atoms with E-state index >= 15 is 0 Å². The minimum Gasteiger partial charge on any atom is -0.299 e. The summed E-state index contributed by atoms with van der Waals surface area (Å²) in [4.78, 5) is 2.02. The molecule has 1 aliphatic rings. The molecule has 17 heavy (non-hydrogen) atoms. The van der Waals surface area contributed by atoms with Crippen LogP contribution in [0, 0.1) is 11.7 Å². The Bertz CT molecular complexity index is 350. The summed E-state index contributed by atoms with van der Waals surface area (Å²) in [6.07, 6.45) is -0.806. The second-order valence-electron chi connectivity index (χ2n) is 4.60. The van der Waals surface area contributed by atoms with Gasteiger partial charge in [0.25, 0.3) is 0 Å². The number of piperidine rings is 1. The second kappa shape index (κ2) is 5.54. The van der Waals surface area contributed by atoms with Crippen LogP contribution in [0.25, 0.3) is 0 Å². The summed E-state index contributed by atoms with van der Waals surface area (Å²) >= 11 is 0. The standard InChI is InChI=1S/C13H16F3N/c14-12-5-3-10(4-6-12)8-17-7-1-2-11(9-17)13(15)16/h3-6,11,13H,1-2,7-9H2. The Morgan fingerprint density at radius 2 is 1.94 bits per heavy atom. The van der Waals surface area contributed by atoms with Crippen LogP contribution in [-0.4, -0.2) is 24.4 Å². The van der Waals surface area contributed by atoms with Crippen LogP contribution in [0.2, 0.25) is 0 Å². The molecule has 4 heteroatoms. The molecular formula is C13H16F3N. The van der Waals surface area contributed by atoms with E-state index in [2.05, 4.69) is 0 Å². The zero-order valence-electron chi connectivity index (χ0n) is 9.58. The third-order valence-corrected chi connectivity index (χ3v) is 3.22. The van der Waals surface area contributed by atoms with Gasteiger partial charge in [0.05, 0.1) is 0 Å². The van der Waals surface area contributed by atoms with Gasteiger partial charge in [-0.3, -0.25) is 4.90 Å². The van der Waals surface area contributed by atoms with Crippen LogP contribution in [0.4, 0.5) is 13.2 Å². The van der Waals surface area contributed by atoms with E-state index in [4.69, 9.17) is 0 Å². The molecule has 1 atom stereocenters. The third kappa shape index (κ3) is 3.46. The van der Waals surface area contributed by atoms with Crippen molar-refractivity contribution in [3.8, 4) is 0 Å². The van der Waals surface area contributed by atoms with Crippen LogP contribution in [0.5, 0.6) is 0 Å². The molecule has 0 spiro atoms. The second-order valence-corrected chi connectivity index (χ2v) is 4.60. The van der Waals surface area contributed by atoms with Gasteiger partial charge in [-0.25, -0.2) is 13.2 Å². The lowest BCUT2D eigenvalue weighted by molar-refractivity contribution is 0.0253. The first-order valence-electron chi connectivity index (χ1n) is 5.90. The van der Waals surface area contributed by atoms with Crippen LogP contribution < -0.4 is 0 Å². The summed E-state index contributed by atoms with van der Waals surface area (Å²) in [5, 5.41) is 0. The van der Waals surface area contributed by atoms with E-state index in [1.807, 2.05) is 4.90 Å². The molecule has 0 bridgehead atoms. The Balaban J connectivity index is 1.92. The maximum Gasteiger partial charge on any atom is 0.242 e. The minimum atomic E-state index is -2.23. The van der Waals surface area contributed by atoms with Crippen molar-refractivity contribution in [3.05, 3.63) is 35.6 Å². The number of alkyl halides is 2. The Kier molecular flexibility index (Phi) is 4.05. The van der Waals surface area contributed by atoms with E-state index in [-0.39, 0.29) is 5.82 Å². The van der Waals surface area contributed by atoms with E-state index in [9.17, 15) is 13.2 Å². The molecule has 0 aliphatic carbocycles. The average Bonchev–Trinajstić information content (AvgIpc) is 2.32. The quantitative estimate of drug-likeness (QED) is 0.787. The van der Waals surface area contributed by atoms with Crippen molar-refractivity contribution in [3.63, 3.8) is 0 Å². The Labute approximate surface area is 99.2 Å². The van der Waals surface area contributed by atoms with Crippen LogP contribution >= 0.6 is 0 Å². The van der Waals surface area contributed by atoms with Crippen LogP contribution in [0.1, 0.15) is 18.4 Å². The molecule has 1 aliphatic heterocycles. The molecule has 1 fully saturated rings. The van der Waals surface area contributed by atoms with Crippen molar-refractivity contribution in [2.24, 2.45) is 5.92 Å². The molecule has 2 rings (SSSR count). The van der Waals surface area contributed by atoms with Crippen molar-refractivity contribution < 1.29 is 13.2 Å². The molecule has 0 saturated carbocycles. The normalized spacial score (nSPS) is 22.0. The van der Waals surface area contributed by atoms with Crippen LogP contribution in [0.3, 0.4) is 0 Å². The predicted molar refractivity (Wildman–Crippen MR) is 60.4 cm³/mol. The van der Waals surface area contributed by atoms with Gasteiger partial charge in [-0.2, -0.15) is 0 Å². The largest absolute Gasteiger partial charge is 0.299 e. The van der Waals surface area contributed by atoms with E-state index in [0.717, 1.165) is 18.5 Å². The van der Waals surface area contributed by atoms with Gasteiger partial charge in [0.1, 0.15) is 5.82 Å². The highest BCUT2D eigenvalue weighted by atomic mass is 19.3. The topological polar surface area (TPSA) is 3.24 Å². The van der Waals surface area contributed by atoms with Crippen LogP contribution in [0.15, 0.2) is 24.3 Å². The fourth-order valence-electron chi connectivity index (χ4n) is 2.29. The summed E-state index contributed by atoms with van der Waals surface area (Å²) in [7, 11) is 0. The Morgan fingerprint density at radius 3 is 2.59 bits per heavy atom. The first kappa shape index (κ1) is 12.4. The molecule has 1 heterocycles. The summed E-state index contributed by atoms with van der Waals surface area (Å²) in [5.41, 5.74) is 0.973. The van der Waals surface area contributed by atoms with Crippen molar-refractivity contribution in [1.29, 1.82) is 0 Å². The van der Waals surface area contributed by atoms with Gasteiger partial charge in [-0.15, -0.1) is 0 Å². The monoisotopic (exact) mass is 243 g/mol. The highest BCUT2D eigenvalue weighted by molar-refractivity contribution is 5.15.